The summed E-state index contributed by atoms with van der Waals surface area (Å²) in [6.45, 7) is 13.6. The molecule has 276 valence electrons. The Labute approximate surface area is 310 Å². The lowest BCUT2D eigenvalue weighted by Crippen LogP contribution is -3.00. The van der Waals surface area contributed by atoms with Crippen molar-refractivity contribution in [3.63, 3.8) is 0 Å². The summed E-state index contributed by atoms with van der Waals surface area (Å²) in [5.41, 5.74) is 15.9. The van der Waals surface area contributed by atoms with Crippen molar-refractivity contribution in [1.29, 1.82) is 0 Å². The minimum atomic E-state index is -0.105. The standard InChI is InChI=1S/C40H54N6O4.ClH/c1-39(2)32-16-11-13-18-34(32)45(5)36(39)20-8-6-9-21-37-40(3,4)33-17-12-14-19-35(33)46(37)25-15-7-10-22-38(47)42-23-26-48-28-30-50-31-29-49-27-24-43-44-41;/h6,8-9,11-14,16-21H,7,10,15,22-31H2,1-5H3;1H. The van der Waals surface area contributed by atoms with E-state index in [0.717, 1.165) is 25.8 Å². The van der Waals surface area contributed by atoms with Crippen LogP contribution >= 0.6 is 0 Å². The quantitative estimate of drug-likeness (QED) is 0.0510. The van der Waals surface area contributed by atoms with E-state index in [2.05, 4.69) is 138 Å². The first kappa shape index (κ1) is 41.5. The predicted molar refractivity (Wildman–Crippen MR) is 201 cm³/mol. The molecule has 0 bridgehead atoms. The highest BCUT2D eigenvalue weighted by atomic mass is 35.5. The van der Waals surface area contributed by atoms with E-state index in [0.29, 0.717) is 59.2 Å². The summed E-state index contributed by atoms with van der Waals surface area (Å²) in [5.74, 6) is 0.0587. The van der Waals surface area contributed by atoms with Gasteiger partial charge in [0.05, 0.1) is 45.1 Å². The summed E-state index contributed by atoms with van der Waals surface area (Å²) in [5, 5.41) is 6.35. The number of ether oxygens (including phenoxy) is 3. The molecular weight excluding hydrogens is 664 g/mol. The zero-order chi connectivity index (χ0) is 35.8. The van der Waals surface area contributed by atoms with Crippen molar-refractivity contribution in [2.24, 2.45) is 5.11 Å². The lowest BCUT2D eigenvalue weighted by atomic mass is 9.81. The summed E-state index contributed by atoms with van der Waals surface area (Å²) in [6.07, 6.45) is 14.3. The van der Waals surface area contributed by atoms with Gasteiger partial charge in [-0.2, -0.15) is 4.58 Å². The Bertz CT molecular complexity index is 1610. The van der Waals surface area contributed by atoms with Gasteiger partial charge in [-0.15, -0.1) is 0 Å². The van der Waals surface area contributed by atoms with Crippen LogP contribution in [0.2, 0.25) is 0 Å². The van der Waals surface area contributed by atoms with Crippen molar-refractivity contribution in [2.75, 3.05) is 71.2 Å². The molecule has 0 saturated heterocycles. The maximum absolute atomic E-state index is 12.4. The minimum Gasteiger partial charge on any atom is -1.00 e. The third kappa shape index (κ3) is 11.3. The molecule has 1 N–H and O–H groups in total. The number of azide groups is 1. The van der Waals surface area contributed by atoms with E-state index in [1.165, 1.54) is 33.9 Å². The summed E-state index contributed by atoms with van der Waals surface area (Å²) in [6, 6.07) is 17.4. The normalized spacial score (nSPS) is 16.4. The van der Waals surface area contributed by atoms with E-state index in [4.69, 9.17) is 19.7 Å². The van der Waals surface area contributed by atoms with Gasteiger partial charge >= 0.3 is 0 Å². The number of anilines is 1. The fourth-order valence-corrected chi connectivity index (χ4v) is 6.82. The molecule has 0 fully saturated rings. The lowest BCUT2D eigenvalue weighted by molar-refractivity contribution is -0.401. The van der Waals surface area contributed by atoms with Gasteiger partial charge in [0.2, 0.25) is 11.6 Å². The van der Waals surface area contributed by atoms with Crippen LogP contribution in [0.1, 0.15) is 64.5 Å². The average Bonchev–Trinajstić information content (AvgIpc) is 3.44. The Kier molecular flexibility index (Phi) is 16.9. The summed E-state index contributed by atoms with van der Waals surface area (Å²) in [4.78, 5) is 17.5. The van der Waals surface area contributed by atoms with Crippen LogP contribution in [-0.2, 0) is 29.8 Å². The van der Waals surface area contributed by atoms with Crippen LogP contribution in [0.4, 0.5) is 11.4 Å². The molecule has 2 aliphatic rings. The van der Waals surface area contributed by atoms with Gasteiger partial charge in [0.15, 0.2) is 5.71 Å². The van der Waals surface area contributed by atoms with Crippen molar-refractivity contribution in [2.45, 2.75) is 64.2 Å². The zero-order valence-corrected chi connectivity index (χ0v) is 31.7. The van der Waals surface area contributed by atoms with E-state index < -0.39 is 0 Å². The van der Waals surface area contributed by atoms with Crippen LogP contribution in [0.25, 0.3) is 10.4 Å². The van der Waals surface area contributed by atoms with Crippen LogP contribution in [-0.4, -0.2) is 82.5 Å². The number of unbranched alkanes of at least 4 members (excludes halogenated alkanes) is 2. The zero-order valence-electron chi connectivity index (χ0n) is 30.9. The number of para-hydroxylation sites is 2. The minimum absolute atomic E-state index is 0. The molecule has 2 aromatic carbocycles. The number of nitrogens with one attached hydrogen (secondary N) is 1. The van der Waals surface area contributed by atoms with Gasteiger partial charge in [0.25, 0.3) is 0 Å². The Hall–Kier alpha value is -3.92. The maximum Gasteiger partial charge on any atom is 0.220 e. The highest BCUT2D eigenvalue weighted by molar-refractivity contribution is 6.03. The van der Waals surface area contributed by atoms with Gasteiger partial charge in [-0.3, -0.25) is 4.79 Å². The molecule has 0 aliphatic carbocycles. The van der Waals surface area contributed by atoms with Crippen LogP contribution < -0.4 is 22.6 Å². The van der Waals surface area contributed by atoms with Crippen molar-refractivity contribution in [1.82, 2.24) is 5.32 Å². The number of benzene rings is 2. The van der Waals surface area contributed by atoms with Gasteiger partial charge in [-0.1, -0.05) is 80.0 Å². The molecule has 51 heavy (non-hydrogen) atoms. The summed E-state index contributed by atoms with van der Waals surface area (Å²) < 4.78 is 18.5. The second-order valence-electron chi connectivity index (χ2n) is 13.6. The van der Waals surface area contributed by atoms with Crippen molar-refractivity contribution in [3.05, 3.63) is 106 Å². The van der Waals surface area contributed by atoms with E-state index in [1.54, 1.807) is 0 Å². The van der Waals surface area contributed by atoms with Gasteiger partial charge < -0.3 is 36.8 Å². The fourth-order valence-electron chi connectivity index (χ4n) is 6.82. The van der Waals surface area contributed by atoms with E-state index in [1.807, 2.05) is 0 Å². The summed E-state index contributed by atoms with van der Waals surface area (Å²) in [7, 11) is 2.15. The number of halogens is 1. The molecule has 0 spiro atoms. The van der Waals surface area contributed by atoms with E-state index >= 15 is 0 Å². The van der Waals surface area contributed by atoms with Crippen LogP contribution in [0.3, 0.4) is 0 Å². The van der Waals surface area contributed by atoms with Crippen molar-refractivity contribution >= 4 is 23.0 Å². The van der Waals surface area contributed by atoms with Crippen LogP contribution in [0.5, 0.6) is 0 Å². The molecule has 2 aromatic rings. The molecule has 10 nitrogen and oxygen atoms in total. The lowest BCUT2D eigenvalue weighted by Gasteiger charge is -2.27. The molecule has 11 heteroatoms. The van der Waals surface area contributed by atoms with Crippen LogP contribution in [0.15, 0.2) is 89.7 Å². The van der Waals surface area contributed by atoms with Crippen molar-refractivity contribution < 1.29 is 36.0 Å². The number of nitrogens with zero attached hydrogens (tertiary/aromatic N) is 5. The first-order valence-corrected chi connectivity index (χ1v) is 17.8. The van der Waals surface area contributed by atoms with Gasteiger partial charge in [-0.25, -0.2) is 0 Å². The Morgan fingerprint density at radius 2 is 1.53 bits per heavy atom. The topological polar surface area (TPSA) is 112 Å². The molecule has 1 amide bonds. The number of hydrogen-bond donors (Lipinski definition) is 1. The Balaban J connectivity index is 0.00000702. The van der Waals surface area contributed by atoms with Gasteiger partial charge in [-0.05, 0) is 49.9 Å². The first-order valence-electron chi connectivity index (χ1n) is 17.8. The molecule has 0 radical (unpaired) electrons. The largest absolute Gasteiger partial charge is 1.00 e. The van der Waals surface area contributed by atoms with Gasteiger partial charge in [0, 0.05) is 65.5 Å². The molecule has 4 rings (SSSR count). The first-order chi connectivity index (χ1) is 24.2. The average molecular weight is 719 g/mol. The fraction of sp³-hybridized carbons (Fsp3) is 0.500. The number of rotatable bonds is 21. The highest BCUT2D eigenvalue weighted by Gasteiger charge is 2.42. The number of carbonyl (C=O) groups is 1. The Morgan fingerprint density at radius 3 is 2.25 bits per heavy atom. The molecular formula is C40H55ClN6O4. The smallest absolute Gasteiger partial charge is 0.220 e. The maximum atomic E-state index is 12.4. The third-order valence-electron chi connectivity index (χ3n) is 9.47. The van der Waals surface area contributed by atoms with Crippen molar-refractivity contribution in [3.8, 4) is 0 Å². The van der Waals surface area contributed by atoms with E-state index in [-0.39, 0.29) is 29.1 Å². The SMILES string of the molecule is C[N+]1=C(\C=C/C=C/C=C2/N(CCCCCC(=O)NCCOCCOCCOCCN=[N+]=[N-])c3ccccc3C2(C)C)C(C)(C)c2ccccc21.[Cl-]. The van der Waals surface area contributed by atoms with E-state index in [9.17, 15) is 4.79 Å². The Morgan fingerprint density at radius 1 is 0.863 bits per heavy atom. The highest BCUT2D eigenvalue weighted by Crippen LogP contribution is 2.47. The molecule has 2 aliphatic heterocycles. The van der Waals surface area contributed by atoms with Gasteiger partial charge in [0.1, 0.15) is 7.05 Å². The van der Waals surface area contributed by atoms with Crippen LogP contribution in [0, 0.1) is 0 Å². The molecule has 0 aromatic heterocycles. The molecule has 0 unspecified atom stereocenters. The molecule has 2 heterocycles. The second-order valence-corrected chi connectivity index (χ2v) is 13.6. The summed E-state index contributed by atoms with van der Waals surface area (Å²) >= 11 is 0. The predicted octanol–water partition coefficient (Wildman–Crippen LogP) is 4.53. The molecule has 0 saturated carbocycles. The number of hydrogen-bond acceptors (Lipinski definition) is 6. The third-order valence-corrected chi connectivity index (χ3v) is 9.47. The molecule has 0 atom stereocenters. The monoisotopic (exact) mass is 718 g/mol. The number of allylic oxidation sites excluding steroid dienone is 6. The second kappa shape index (κ2) is 20.8. The number of fused-ring (bicyclic) bond motifs is 2. The number of carbonyl (C=O) groups excluding carboxylic acids is 1. The number of amides is 1.